The van der Waals surface area contributed by atoms with Crippen molar-refractivity contribution in [1.29, 1.82) is 0 Å². The second-order valence-corrected chi connectivity index (χ2v) is 6.63. The zero-order chi connectivity index (χ0) is 14.8. The Morgan fingerprint density at radius 1 is 1.25 bits per heavy atom. The van der Waals surface area contributed by atoms with Crippen LogP contribution < -0.4 is 10.2 Å². The van der Waals surface area contributed by atoms with Crippen LogP contribution >= 0.6 is 0 Å². The van der Waals surface area contributed by atoms with Gasteiger partial charge < -0.3 is 15.0 Å². The Morgan fingerprint density at radius 2 is 1.90 bits per heavy atom. The van der Waals surface area contributed by atoms with Crippen LogP contribution in [0.3, 0.4) is 0 Å². The monoisotopic (exact) mass is 278 g/mol. The Kier molecular flexibility index (Phi) is 4.60. The van der Waals surface area contributed by atoms with Gasteiger partial charge in [-0.25, -0.2) is 4.98 Å². The van der Waals surface area contributed by atoms with Crippen LogP contribution in [-0.4, -0.2) is 40.8 Å². The maximum atomic E-state index is 5.76. The van der Waals surface area contributed by atoms with Gasteiger partial charge in [0, 0.05) is 31.4 Å². The van der Waals surface area contributed by atoms with Gasteiger partial charge in [0.1, 0.15) is 5.82 Å². The molecule has 1 N–H and O–H groups in total. The molecule has 0 aromatic carbocycles. The second-order valence-electron chi connectivity index (χ2n) is 6.63. The first-order chi connectivity index (χ1) is 9.33. The van der Waals surface area contributed by atoms with Crippen molar-refractivity contribution in [2.75, 3.05) is 18.0 Å². The van der Waals surface area contributed by atoms with E-state index in [4.69, 9.17) is 9.72 Å². The van der Waals surface area contributed by atoms with Gasteiger partial charge in [0.25, 0.3) is 0 Å². The highest BCUT2D eigenvalue weighted by Crippen LogP contribution is 2.17. The quantitative estimate of drug-likeness (QED) is 0.916. The average Bonchev–Trinajstić information content (AvgIpc) is 2.35. The molecule has 0 radical (unpaired) electrons. The van der Waals surface area contributed by atoms with Crippen molar-refractivity contribution in [2.24, 2.45) is 0 Å². The third-order valence-corrected chi connectivity index (χ3v) is 3.22. The molecule has 2 heterocycles. The predicted octanol–water partition coefficient (Wildman–Crippen LogP) is 1.98. The summed E-state index contributed by atoms with van der Waals surface area (Å²) in [7, 11) is 0. The van der Waals surface area contributed by atoms with Gasteiger partial charge in [-0.3, -0.25) is 4.98 Å². The molecule has 1 aromatic rings. The zero-order valence-electron chi connectivity index (χ0n) is 13.2. The molecule has 1 saturated heterocycles. The van der Waals surface area contributed by atoms with Crippen LogP contribution in [-0.2, 0) is 11.3 Å². The van der Waals surface area contributed by atoms with Gasteiger partial charge in [-0.2, -0.15) is 0 Å². The lowest BCUT2D eigenvalue weighted by Gasteiger charge is -2.36. The van der Waals surface area contributed by atoms with Crippen molar-refractivity contribution in [1.82, 2.24) is 15.3 Å². The molecule has 5 nitrogen and oxygen atoms in total. The summed E-state index contributed by atoms with van der Waals surface area (Å²) in [6, 6.07) is 0. The van der Waals surface area contributed by atoms with Gasteiger partial charge in [0.05, 0.1) is 24.1 Å². The van der Waals surface area contributed by atoms with Gasteiger partial charge >= 0.3 is 0 Å². The summed E-state index contributed by atoms with van der Waals surface area (Å²) in [6.45, 7) is 13.1. The molecule has 1 aliphatic rings. The molecule has 0 bridgehead atoms. The van der Waals surface area contributed by atoms with E-state index in [1.165, 1.54) is 0 Å². The molecular formula is C15H26N4O. The van der Waals surface area contributed by atoms with E-state index in [1.54, 1.807) is 0 Å². The predicted molar refractivity (Wildman–Crippen MR) is 80.8 cm³/mol. The third kappa shape index (κ3) is 4.42. The van der Waals surface area contributed by atoms with Crippen LogP contribution in [0, 0.1) is 0 Å². The minimum Gasteiger partial charge on any atom is -0.372 e. The van der Waals surface area contributed by atoms with Gasteiger partial charge in [-0.05, 0) is 34.6 Å². The first kappa shape index (κ1) is 15.2. The number of anilines is 1. The summed E-state index contributed by atoms with van der Waals surface area (Å²) in [5.41, 5.74) is 1.06. The lowest BCUT2D eigenvalue weighted by molar-refractivity contribution is -0.00549. The van der Waals surface area contributed by atoms with E-state index in [0.29, 0.717) is 0 Å². The maximum absolute atomic E-state index is 5.76. The highest BCUT2D eigenvalue weighted by Gasteiger charge is 2.23. The van der Waals surface area contributed by atoms with Crippen LogP contribution in [0.2, 0.25) is 0 Å². The van der Waals surface area contributed by atoms with Gasteiger partial charge in [0.2, 0.25) is 0 Å². The number of hydrogen-bond donors (Lipinski definition) is 1. The summed E-state index contributed by atoms with van der Waals surface area (Å²) >= 11 is 0. The summed E-state index contributed by atoms with van der Waals surface area (Å²) in [5, 5.41) is 3.44. The third-order valence-electron chi connectivity index (χ3n) is 3.22. The van der Waals surface area contributed by atoms with E-state index in [9.17, 15) is 0 Å². The molecule has 2 atom stereocenters. The molecule has 5 heteroatoms. The Balaban J connectivity index is 2.05. The molecule has 2 rings (SSSR count). The second kappa shape index (κ2) is 6.06. The van der Waals surface area contributed by atoms with E-state index in [1.807, 2.05) is 12.4 Å². The number of aromatic nitrogens is 2. The number of nitrogens with zero attached hydrogens (tertiary/aromatic N) is 3. The van der Waals surface area contributed by atoms with Crippen molar-refractivity contribution in [3.8, 4) is 0 Å². The van der Waals surface area contributed by atoms with Gasteiger partial charge in [0.15, 0.2) is 0 Å². The summed E-state index contributed by atoms with van der Waals surface area (Å²) in [4.78, 5) is 11.3. The number of ether oxygens (including phenoxy) is 1. The van der Waals surface area contributed by atoms with Crippen molar-refractivity contribution >= 4 is 5.82 Å². The van der Waals surface area contributed by atoms with Gasteiger partial charge in [-0.1, -0.05) is 0 Å². The number of hydrogen-bond acceptors (Lipinski definition) is 5. The number of nitrogens with one attached hydrogen (secondary N) is 1. The van der Waals surface area contributed by atoms with Crippen molar-refractivity contribution in [2.45, 2.75) is 58.9 Å². The van der Waals surface area contributed by atoms with E-state index in [0.717, 1.165) is 31.1 Å². The van der Waals surface area contributed by atoms with Crippen molar-refractivity contribution < 1.29 is 4.74 Å². The molecule has 1 aliphatic heterocycles. The van der Waals surface area contributed by atoms with E-state index in [-0.39, 0.29) is 17.7 Å². The molecule has 0 amide bonds. The normalized spacial score (nSPS) is 23.9. The van der Waals surface area contributed by atoms with E-state index < -0.39 is 0 Å². The molecular weight excluding hydrogens is 252 g/mol. The zero-order valence-corrected chi connectivity index (χ0v) is 13.2. The Labute approximate surface area is 121 Å². The molecule has 0 saturated carbocycles. The summed E-state index contributed by atoms with van der Waals surface area (Å²) in [5.74, 6) is 0.945. The minimum absolute atomic E-state index is 0.0830. The van der Waals surface area contributed by atoms with Crippen LogP contribution in [0.25, 0.3) is 0 Å². The fourth-order valence-electron chi connectivity index (χ4n) is 2.35. The minimum atomic E-state index is 0.0830. The van der Waals surface area contributed by atoms with Crippen LogP contribution in [0.5, 0.6) is 0 Å². The number of morpholine rings is 1. The first-order valence-electron chi connectivity index (χ1n) is 7.30. The molecule has 0 aliphatic carbocycles. The smallest absolute Gasteiger partial charge is 0.147 e. The van der Waals surface area contributed by atoms with Gasteiger partial charge in [-0.15, -0.1) is 0 Å². The van der Waals surface area contributed by atoms with Crippen LogP contribution in [0.1, 0.15) is 40.3 Å². The highest BCUT2D eigenvalue weighted by atomic mass is 16.5. The molecule has 1 fully saturated rings. The molecule has 112 valence electrons. The molecule has 20 heavy (non-hydrogen) atoms. The highest BCUT2D eigenvalue weighted by molar-refractivity contribution is 5.37. The average molecular weight is 278 g/mol. The Morgan fingerprint density at radius 3 is 2.50 bits per heavy atom. The SMILES string of the molecule is CC1CN(c2cncc(CNC(C)(C)C)n2)CC(C)O1. The molecule has 1 aromatic heterocycles. The van der Waals surface area contributed by atoms with E-state index in [2.05, 4.69) is 49.8 Å². The standard InChI is InChI=1S/C15H26N4O/c1-11-9-19(10-12(2)20-11)14-8-16-6-13(18-14)7-17-15(3,4)5/h6,8,11-12,17H,7,9-10H2,1-5H3. The fourth-order valence-corrected chi connectivity index (χ4v) is 2.35. The Bertz CT molecular complexity index is 434. The topological polar surface area (TPSA) is 50.3 Å². The summed E-state index contributed by atoms with van der Waals surface area (Å²) in [6.07, 6.45) is 4.13. The Hall–Kier alpha value is -1.20. The van der Waals surface area contributed by atoms with Crippen molar-refractivity contribution in [3.63, 3.8) is 0 Å². The molecule has 2 unspecified atom stereocenters. The fraction of sp³-hybridized carbons (Fsp3) is 0.733. The molecule has 0 spiro atoms. The van der Waals surface area contributed by atoms with Crippen LogP contribution in [0.4, 0.5) is 5.82 Å². The van der Waals surface area contributed by atoms with Crippen molar-refractivity contribution in [3.05, 3.63) is 18.1 Å². The maximum Gasteiger partial charge on any atom is 0.147 e. The van der Waals surface area contributed by atoms with Crippen LogP contribution in [0.15, 0.2) is 12.4 Å². The lowest BCUT2D eigenvalue weighted by Crippen LogP contribution is -2.46. The number of rotatable bonds is 3. The largest absolute Gasteiger partial charge is 0.372 e. The first-order valence-corrected chi connectivity index (χ1v) is 7.30. The lowest BCUT2D eigenvalue weighted by atomic mass is 10.1. The summed E-state index contributed by atoms with van der Waals surface area (Å²) < 4.78 is 5.76. The van der Waals surface area contributed by atoms with E-state index >= 15 is 0 Å².